The van der Waals surface area contributed by atoms with Gasteiger partial charge in [-0.1, -0.05) is 66.7 Å². The zero-order valence-corrected chi connectivity index (χ0v) is 17.4. The lowest BCUT2D eigenvalue weighted by molar-refractivity contribution is -0.136. The lowest BCUT2D eigenvalue weighted by Gasteiger charge is -2.34. The molecule has 0 saturated carbocycles. The van der Waals surface area contributed by atoms with Crippen LogP contribution in [0.15, 0.2) is 96.3 Å². The van der Waals surface area contributed by atoms with Crippen LogP contribution in [0.1, 0.15) is 12.0 Å². The number of carboxylic acids is 1. The molecule has 4 rings (SSSR count). The summed E-state index contributed by atoms with van der Waals surface area (Å²) in [5.74, 6) is -1.000. The number of hydrogen-bond donors (Lipinski definition) is 1. The molecule has 1 N–H and O–H groups in total. The maximum absolute atomic E-state index is 14.8. The summed E-state index contributed by atoms with van der Waals surface area (Å²) in [7, 11) is -3.42. The first kappa shape index (κ1) is 20.0. The second kappa shape index (κ2) is 8.60. The first-order chi connectivity index (χ1) is 14.6. The van der Waals surface area contributed by atoms with Gasteiger partial charge in [0, 0.05) is 29.8 Å². The molecule has 0 bridgehead atoms. The maximum atomic E-state index is 14.8. The zero-order chi connectivity index (χ0) is 21.0. The van der Waals surface area contributed by atoms with Crippen molar-refractivity contribution < 1.29 is 14.5 Å². The molecule has 0 atom stereocenters. The Morgan fingerprint density at radius 1 is 0.800 bits per heavy atom. The molecule has 0 radical (unpaired) electrons. The fraction of sp³-hybridized carbons (Fsp3) is 0.125. The van der Waals surface area contributed by atoms with Gasteiger partial charge in [-0.3, -0.25) is 9.36 Å². The molecule has 0 unspecified atom stereocenters. The van der Waals surface area contributed by atoms with Crippen molar-refractivity contribution in [2.24, 2.45) is 0 Å². The summed E-state index contributed by atoms with van der Waals surface area (Å²) < 4.78 is 18.6. The number of carbonyl (C=O) groups is 1. The van der Waals surface area contributed by atoms with E-state index in [2.05, 4.69) is 0 Å². The molecular weight excluding hydrogens is 395 g/mol. The molecule has 1 aliphatic rings. The summed E-state index contributed by atoms with van der Waals surface area (Å²) in [6.07, 6.45) is 1.48. The van der Waals surface area contributed by atoms with Crippen LogP contribution in [0.2, 0.25) is 0 Å². The van der Waals surface area contributed by atoms with Crippen molar-refractivity contribution in [3.8, 4) is 0 Å². The Kier molecular flexibility index (Phi) is 5.73. The third-order valence-electron chi connectivity index (χ3n) is 5.13. The summed E-state index contributed by atoms with van der Waals surface area (Å²) >= 11 is 0. The van der Waals surface area contributed by atoms with Crippen LogP contribution >= 0.6 is 7.44 Å². The predicted octanol–water partition coefficient (Wildman–Crippen LogP) is 5.72. The molecule has 0 aromatic heterocycles. The predicted molar refractivity (Wildman–Crippen MR) is 122 cm³/mol. The van der Waals surface area contributed by atoms with Gasteiger partial charge in [-0.15, -0.1) is 0 Å². The zero-order valence-electron chi connectivity index (χ0n) is 16.5. The van der Waals surface area contributed by atoms with Gasteiger partial charge in [0.1, 0.15) is 0 Å². The summed E-state index contributed by atoms with van der Waals surface area (Å²) in [6, 6.07) is 28.6. The average Bonchev–Trinajstić information content (AvgIpc) is 3.13. The normalized spacial score (nSPS) is 15.9. The quantitative estimate of drug-likeness (QED) is 0.519. The third-order valence-corrected chi connectivity index (χ3v) is 8.33. The van der Waals surface area contributed by atoms with Crippen LogP contribution in [-0.4, -0.2) is 24.2 Å². The molecular formula is C24H23N2O3P. The van der Waals surface area contributed by atoms with Crippen LogP contribution in [0, 0.1) is 0 Å². The van der Waals surface area contributed by atoms with E-state index in [1.54, 1.807) is 6.08 Å². The highest BCUT2D eigenvalue weighted by molar-refractivity contribution is 7.71. The minimum atomic E-state index is -3.42. The van der Waals surface area contributed by atoms with Gasteiger partial charge in [0.15, 0.2) is 0 Å². The lowest BCUT2D eigenvalue weighted by atomic mass is 10.2. The van der Waals surface area contributed by atoms with Gasteiger partial charge in [0.05, 0.1) is 6.42 Å². The molecule has 152 valence electrons. The maximum Gasteiger partial charge on any atom is 0.308 e. The Morgan fingerprint density at radius 3 is 1.67 bits per heavy atom. The van der Waals surface area contributed by atoms with Gasteiger partial charge >= 0.3 is 5.97 Å². The summed E-state index contributed by atoms with van der Waals surface area (Å²) in [6.45, 7) is 1.09. The number of para-hydroxylation sites is 2. The van der Waals surface area contributed by atoms with E-state index in [9.17, 15) is 14.5 Å². The van der Waals surface area contributed by atoms with Gasteiger partial charge in [0.25, 0.3) is 7.44 Å². The Labute approximate surface area is 176 Å². The van der Waals surface area contributed by atoms with Gasteiger partial charge in [-0.25, -0.2) is 0 Å². The highest BCUT2D eigenvalue weighted by atomic mass is 31.2. The number of benzene rings is 3. The standard InChI is InChI=1S/C24H23N2O3P/c27-24(28)19-23(18-20-10-4-1-5-11-20)30(29)25(21-12-6-2-7-13-21)16-17-26(30)22-14-8-3-9-15-22/h1-15,18H,16-17,19H2,(H,27,28)/b23-18+. The molecule has 3 aromatic carbocycles. The van der Waals surface area contributed by atoms with E-state index in [0.29, 0.717) is 18.4 Å². The van der Waals surface area contributed by atoms with Crippen molar-refractivity contribution in [1.29, 1.82) is 0 Å². The number of aliphatic carboxylic acids is 1. The van der Waals surface area contributed by atoms with Crippen molar-refractivity contribution in [2.75, 3.05) is 22.4 Å². The number of rotatable bonds is 6. The minimum absolute atomic E-state index is 0.293. The molecule has 5 nitrogen and oxygen atoms in total. The van der Waals surface area contributed by atoms with E-state index in [0.717, 1.165) is 16.9 Å². The number of nitrogens with zero attached hydrogens (tertiary/aromatic N) is 2. The summed E-state index contributed by atoms with van der Waals surface area (Å²) in [5, 5.41) is 10.1. The summed E-state index contributed by atoms with van der Waals surface area (Å²) in [5.41, 5.74) is 2.48. The Morgan fingerprint density at radius 2 is 1.23 bits per heavy atom. The Balaban J connectivity index is 1.89. The fourth-order valence-corrected chi connectivity index (χ4v) is 6.96. The number of hydrogen-bond acceptors (Lipinski definition) is 2. The Hall–Kier alpha value is -3.30. The molecule has 3 aromatic rings. The fourth-order valence-electron chi connectivity index (χ4n) is 3.81. The molecule has 0 spiro atoms. The smallest absolute Gasteiger partial charge is 0.308 e. The number of anilines is 2. The van der Waals surface area contributed by atoms with Crippen LogP contribution in [-0.2, 0) is 9.36 Å². The van der Waals surface area contributed by atoms with Gasteiger partial charge < -0.3 is 14.4 Å². The molecule has 0 aliphatic carbocycles. The van der Waals surface area contributed by atoms with Crippen molar-refractivity contribution in [2.45, 2.75) is 6.42 Å². The molecule has 1 aliphatic heterocycles. The largest absolute Gasteiger partial charge is 0.481 e. The van der Waals surface area contributed by atoms with Gasteiger partial charge in [0.2, 0.25) is 0 Å². The van der Waals surface area contributed by atoms with E-state index < -0.39 is 13.4 Å². The van der Waals surface area contributed by atoms with E-state index >= 15 is 0 Å². The van der Waals surface area contributed by atoms with Crippen molar-refractivity contribution >= 4 is 30.9 Å². The lowest BCUT2D eigenvalue weighted by Crippen LogP contribution is -2.21. The average molecular weight is 418 g/mol. The molecule has 0 amide bonds. The van der Waals surface area contributed by atoms with E-state index in [1.165, 1.54) is 0 Å². The second-order valence-corrected chi connectivity index (χ2v) is 9.71. The highest BCUT2D eigenvalue weighted by Gasteiger charge is 2.46. The monoisotopic (exact) mass is 418 g/mol. The topological polar surface area (TPSA) is 60.9 Å². The van der Waals surface area contributed by atoms with Crippen LogP contribution in [0.4, 0.5) is 11.4 Å². The molecule has 1 heterocycles. The SMILES string of the molecule is O=C(O)C/C(=C\c1ccccc1)P1(=O)N(c2ccccc2)CCN1c1ccccc1. The first-order valence-corrected chi connectivity index (χ1v) is 11.4. The summed E-state index contributed by atoms with van der Waals surface area (Å²) in [4.78, 5) is 11.8. The van der Waals surface area contributed by atoms with Crippen molar-refractivity contribution in [1.82, 2.24) is 0 Å². The van der Waals surface area contributed by atoms with Gasteiger partial charge in [-0.2, -0.15) is 0 Å². The molecule has 1 fully saturated rings. The number of carboxylic acid groups (broad SMARTS) is 1. The van der Waals surface area contributed by atoms with Crippen LogP contribution in [0.5, 0.6) is 0 Å². The molecule has 1 saturated heterocycles. The van der Waals surface area contributed by atoms with Gasteiger partial charge in [-0.05, 0) is 35.9 Å². The Bertz CT molecular complexity index is 1030. The van der Waals surface area contributed by atoms with E-state index in [4.69, 9.17) is 0 Å². The van der Waals surface area contributed by atoms with Crippen LogP contribution in [0.3, 0.4) is 0 Å². The van der Waals surface area contributed by atoms with E-state index in [1.807, 2.05) is 100 Å². The highest BCUT2D eigenvalue weighted by Crippen LogP contribution is 2.66. The van der Waals surface area contributed by atoms with Crippen LogP contribution < -0.4 is 9.34 Å². The second-order valence-electron chi connectivity index (χ2n) is 7.08. The molecule has 6 heteroatoms. The van der Waals surface area contributed by atoms with E-state index in [-0.39, 0.29) is 6.42 Å². The minimum Gasteiger partial charge on any atom is -0.481 e. The molecule has 30 heavy (non-hydrogen) atoms. The van der Waals surface area contributed by atoms with Crippen molar-refractivity contribution in [3.63, 3.8) is 0 Å². The van der Waals surface area contributed by atoms with Crippen LogP contribution in [0.25, 0.3) is 6.08 Å². The third kappa shape index (κ3) is 3.89. The first-order valence-electron chi connectivity index (χ1n) is 9.83. The van der Waals surface area contributed by atoms with Crippen molar-refractivity contribution in [3.05, 3.63) is 102 Å².